The first-order valence-electron chi connectivity index (χ1n) is 7.30. The summed E-state index contributed by atoms with van der Waals surface area (Å²) in [5.74, 6) is -0.341. The van der Waals surface area contributed by atoms with E-state index in [4.69, 9.17) is 9.84 Å². The maximum absolute atomic E-state index is 11.3. The number of rotatable bonds is 11. The van der Waals surface area contributed by atoms with E-state index in [0.29, 0.717) is 24.8 Å². The largest absolute Gasteiger partial charge is 0.462 e. The van der Waals surface area contributed by atoms with Crippen LogP contribution in [0.4, 0.5) is 0 Å². The van der Waals surface area contributed by atoms with Crippen LogP contribution in [0.1, 0.15) is 52.4 Å². The third-order valence-corrected chi connectivity index (χ3v) is 3.23. The summed E-state index contributed by atoms with van der Waals surface area (Å²) in [5, 5.41) is 28.1. The fourth-order valence-corrected chi connectivity index (χ4v) is 1.72. The van der Waals surface area contributed by atoms with Crippen LogP contribution in [-0.2, 0) is 9.53 Å². The summed E-state index contributed by atoms with van der Waals surface area (Å²) in [4.78, 5) is 11.3. The molecule has 20 heavy (non-hydrogen) atoms. The van der Waals surface area contributed by atoms with Crippen LogP contribution >= 0.6 is 0 Å². The molecule has 5 nitrogen and oxygen atoms in total. The third-order valence-electron chi connectivity index (χ3n) is 3.23. The molecule has 2 unspecified atom stereocenters. The van der Waals surface area contributed by atoms with Crippen LogP contribution in [-0.4, -0.2) is 46.7 Å². The van der Waals surface area contributed by atoms with Crippen molar-refractivity contribution < 1.29 is 24.9 Å². The van der Waals surface area contributed by atoms with Gasteiger partial charge in [0, 0.05) is 12.2 Å². The van der Waals surface area contributed by atoms with Gasteiger partial charge in [-0.2, -0.15) is 0 Å². The van der Waals surface area contributed by atoms with Gasteiger partial charge in [-0.3, -0.25) is 0 Å². The Bertz CT molecular complexity index is 288. The zero-order valence-corrected chi connectivity index (χ0v) is 12.5. The van der Waals surface area contributed by atoms with Gasteiger partial charge in [-0.15, -0.1) is 0 Å². The van der Waals surface area contributed by atoms with Gasteiger partial charge in [0.1, 0.15) is 0 Å². The lowest BCUT2D eigenvalue weighted by Gasteiger charge is -2.17. The average molecular weight is 288 g/mol. The molecule has 5 heteroatoms. The van der Waals surface area contributed by atoms with Crippen molar-refractivity contribution in [3.8, 4) is 0 Å². The van der Waals surface area contributed by atoms with Crippen molar-refractivity contribution in [1.29, 1.82) is 0 Å². The lowest BCUT2D eigenvalue weighted by molar-refractivity contribution is -0.139. The Balaban J connectivity index is 3.66. The Morgan fingerprint density at radius 1 is 1.10 bits per heavy atom. The van der Waals surface area contributed by atoms with Gasteiger partial charge in [0.15, 0.2) is 0 Å². The van der Waals surface area contributed by atoms with E-state index in [0.717, 1.165) is 19.3 Å². The molecule has 3 N–H and O–H groups in total. The number of aliphatic hydroxyl groups is 3. The van der Waals surface area contributed by atoms with Crippen molar-refractivity contribution in [2.45, 2.75) is 64.6 Å². The first-order valence-corrected chi connectivity index (χ1v) is 7.30. The minimum Gasteiger partial charge on any atom is -0.462 e. The number of hydrogen-bond acceptors (Lipinski definition) is 5. The molecule has 0 saturated carbocycles. The van der Waals surface area contributed by atoms with Crippen molar-refractivity contribution in [2.75, 3.05) is 13.2 Å². The SMILES string of the molecule is CC=C(C)C(=O)OCCCC(O)C(O)CCCCCO. The van der Waals surface area contributed by atoms with Gasteiger partial charge in [0.2, 0.25) is 0 Å². The van der Waals surface area contributed by atoms with Crippen molar-refractivity contribution >= 4 is 5.97 Å². The summed E-state index contributed by atoms with van der Waals surface area (Å²) in [6.45, 7) is 3.87. The molecule has 0 aromatic rings. The lowest BCUT2D eigenvalue weighted by atomic mass is 10.0. The Hall–Kier alpha value is -0.910. The lowest BCUT2D eigenvalue weighted by Crippen LogP contribution is -2.26. The standard InChI is InChI=1S/C15H28O5/c1-3-12(2)15(19)20-11-7-9-14(18)13(17)8-5-4-6-10-16/h3,13-14,16-18H,4-11H2,1-2H3. The summed E-state index contributed by atoms with van der Waals surface area (Å²) in [7, 11) is 0. The topological polar surface area (TPSA) is 87.0 Å². The second kappa shape index (κ2) is 11.9. The van der Waals surface area contributed by atoms with E-state index in [1.54, 1.807) is 19.9 Å². The van der Waals surface area contributed by atoms with Crippen LogP contribution in [0.2, 0.25) is 0 Å². The first-order chi connectivity index (χ1) is 9.52. The molecule has 0 rings (SSSR count). The molecule has 0 fully saturated rings. The zero-order valence-electron chi connectivity index (χ0n) is 12.5. The van der Waals surface area contributed by atoms with Gasteiger partial charge in [0.05, 0.1) is 18.8 Å². The molecule has 0 amide bonds. The molecule has 0 radical (unpaired) electrons. The van der Waals surface area contributed by atoms with Crippen molar-refractivity contribution in [3.63, 3.8) is 0 Å². The summed E-state index contributed by atoms with van der Waals surface area (Å²) >= 11 is 0. The van der Waals surface area contributed by atoms with E-state index >= 15 is 0 Å². The molecule has 0 aromatic heterocycles. The van der Waals surface area contributed by atoms with E-state index in [1.165, 1.54) is 0 Å². The number of allylic oxidation sites excluding steroid dienone is 1. The molecule has 0 aromatic carbocycles. The number of unbranched alkanes of at least 4 members (excludes halogenated alkanes) is 2. The number of carbonyl (C=O) groups excluding carboxylic acids is 1. The van der Waals surface area contributed by atoms with Gasteiger partial charge in [-0.25, -0.2) is 4.79 Å². The Kier molecular flexibility index (Phi) is 11.3. The monoisotopic (exact) mass is 288 g/mol. The molecule has 0 heterocycles. The van der Waals surface area contributed by atoms with E-state index in [2.05, 4.69) is 0 Å². The molecule has 0 saturated heterocycles. The van der Waals surface area contributed by atoms with Crippen LogP contribution in [0.25, 0.3) is 0 Å². The predicted molar refractivity (Wildman–Crippen MR) is 77.2 cm³/mol. The summed E-state index contributed by atoms with van der Waals surface area (Å²) in [6.07, 6.45) is 3.97. The summed E-state index contributed by atoms with van der Waals surface area (Å²) < 4.78 is 5.01. The zero-order chi connectivity index (χ0) is 15.4. The highest BCUT2D eigenvalue weighted by Gasteiger charge is 2.15. The Labute approximate surface area is 121 Å². The average Bonchev–Trinajstić information content (AvgIpc) is 2.46. The summed E-state index contributed by atoms with van der Waals surface area (Å²) in [6, 6.07) is 0. The highest BCUT2D eigenvalue weighted by molar-refractivity contribution is 5.87. The van der Waals surface area contributed by atoms with Crippen LogP contribution in [0.15, 0.2) is 11.6 Å². The molecular weight excluding hydrogens is 260 g/mol. The van der Waals surface area contributed by atoms with Crippen molar-refractivity contribution in [3.05, 3.63) is 11.6 Å². The number of hydrogen-bond donors (Lipinski definition) is 3. The number of aliphatic hydroxyl groups excluding tert-OH is 3. The Morgan fingerprint density at radius 3 is 2.25 bits per heavy atom. The van der Waals surface area contributed by atoms with Crippen molar-refractivity contribution in [1.82, 2.24) is 0 Å². The van der Waals surface area contributed by atoms with E-state index in [-0.39, 0.29) is 19.2 Å². The molecule has 0 spiro atoms. The first kappa shape index (κ1) is 19.1. The molecule has 2 atom stereocenters. The maximum atomic E-state index is 11.3. The molecule has 0 aliphatic carbocycles. The third kappa shape index (κ3) is 9.07. The predicted octanol–water partition coefficient (Wildman–Crippen LogP) is 1.55. The van der Waals surface area contributed by atoms with Crippen LogP contribution in [0, 0.1) is 0 Å². The van der Waals surface area contributed by atoms with Crippen LogP contribution < -0.4 is 0 Å². The molecule has 0 bridgehead atoms. The van der Waals surface area contributed by atoms with Gasteiger partial charge >= 0.3 is 5.97 Å². The van der Waals surface area contributed by atoms with Gasteiger partial charge in [-0.1, -0.05) is 18.9 Å². The van der Waals surface area contributed by atoms with Gasteiger partial charge in [0.25, 0.3) is 0 Å². The normalized spacial score (nSPS) is 14.9. The number of esters is 1. The van der Waals surface area contributed by atoms with E-state index < -0.39 is 12.2 Å². The molecular formula is C15H28O5. The quantitative estimate of drug-likeness (QED) is 0.305. The molecule has 0 aliphatic heterocycles. The van der Waals surface area contributed by atoms with Crippen LogP contribution in [0.3, 0.4) is 0 Å². The minimum atomic E-state index is -0.786. The van der Waals surface area contributed by atoms with E-state index in [9.17, 15) is 15.0 Å². The molecule has 118 valence electrons. The van der Waals surface area contributed by atoms with E-state index in [1.807, 2.05) is 0 Å². The highest BCUT2D eigenvalue weighted by atomic mass is 16.5. The highest BCUT2D eigenvalue weighted by Crippen LogP contribution is 2.11. The fourth-order valence-electron chi connectivity index (χ4n) is 1.72. The molecule has 0 aliphatic rings. The van der Waals surface area contributed by atoms with Gasteiger partial charge < -0.3 is 20.1 Å². The van der Waals surface area contributed by atoms with Crippen LogP contribution in [0.5, 0.6) is 0 Å². The maximum Gasteiger partial charge on any atom is 0.333 e. The Morgan fingerprint density at radius 2 is 1.70 bits per heavy atom. The smallest absolute Gasteiger partial charge is 0.333 e. The van der Waals surface area contributed by atoms with Gasteiger partial charge in [-0.05, 0) is 39.5 Å². The second-order valence-electron chi connectivity index (χ2n) is 4.96. The minimum absolute atomic E-state index is 0.162. The number of ether oxygens (including phenoxy) is 1. The van der Waals surface area contributed by atoms with Crippen molar-refractivity contribution in [2.24, 2.45) is 0 Å². The summed E-state index contributed by atoms with van der Waals surface area (Å²) in [5.41, 5.74) is 0.564. The second-order valence-corrected chi connectivity index (χ2v) is 4.96. The number of carbonyl (C=O) groups is 1. The fraction of sp³-hybridized carbons (Fsp3) is 0.800.